The monoisotopic (exact) mass is 319 g/mol. The molecular formula is C17H25N3O3. The number of carbonyl (C=O) groups is 2. The predicted molar refractivity (Wildman–Crippen MR) is 87.7 cm³/mol. The van der Waals surface area contributed by atoms with Crippen LogP contribution in [0.2, 0.25) is 0 Å². The summed E-state index contributed by atoms with van der Waals surface area (Å²) in [5.74, 6) is -0.755. The van der Waals surface area contributed by atoms with Gasteiger partial charge in [-0.2, -0.15) is 5.10 Å². The van der Waals surface area contributed by atoms with Crippen molar-refractivity contribution >= 4 is 18.0 Å². The van der Waals surface area contributed by atoms with Gasteiger partial charge in [0.2, 0.25) is 0 Å². The van der Waals surface area contributed by atoms with Crippen molar-refractivity contribution in [3.8, 4) is 0 Å². The van der Waals surface area contributed by atoms with Crippen molar-refractivity contribution in [1.82, 2.24) is 15.1 Å². The molecule has 1 aromatic rings. The summed E-state index contributed by atoms with van der Waals surface area (Å²) < 4.78 is 6.93. The first-order valence-electron chi connectivity index (χ1n) is 8.07. The maximum absolute atomic E-state index is 12.0. The molecule has 6 heteroatoms. The molecule has 0 bridgehead atoms. The molecule has 1 saturated carbocycles. The minimum absolute atomic E-state index is 0.222. The Labute approximate surface area is 136 Å². The number of rotatable bonds is 5. The minimum atomic E-state index is -0.788. The maximum Gasteiger partial charge on any atom is 0.331 e. The van der Waals surface area contributed by atoms with Gasteiger partial charge < -0.3 is 10.1 Å². The van der Waals surface area contributed by atoms with Gasteiger partial charge in [0.15, 0.2) is 6.10 Å². The molecular weight excluding hydrogens is 294 g/mol. The van der Waals surface area contributed by atoms with Crippen molar-refractivity contribution in [2.75, 3.05) is 0 Å². The topological polar surface area (TPSA) is 73.2 Å². The van der Waals surface area contributed by atoms with Crippen LogP contribution in [0.1, 0.15) is 49.6 Å². The largest absolute Gasteiger partial charge is 0.449 e. The molecule has 0 radical (unpaired) electrons. The highest BCUT2D eigenvalue weighted by atomic mass is 16.5. The first-order chi connectivity index (χ1) is 10.9. The molecule has 1 heterocycles. The van der Waals surface area contributed by atoms with Crippen molar-refractivity contribution in [3.63, 3.8) is 0 Å². The molecule has 0 unspecified atom stereocenters. The summed E-state index contributed by atoms with van der Waals surface area (Å²) in [5, 5.41) is 7.21. The van der Waals surface area contributed by atoms with Gasteiger partial charge in [0.05, 0.1) is 5.69 Å². The van der Waals surface area contributed by atoms with E-state index in [2.05, 4.69) is 10.4 Å². The van der Waals surface area contributed by atoms with Crippen LogP contribution >= 0.6 is 0 Å². The molecule has 0 aliphatic heterocycles. The van der Waals surface area contributed by atoms with Gasteiger partial charge in [0.1, 0.15) is 0 Å². The number of aryl methyl sites for hydroxylation is 2. The van der Waals surface area contributed by atoms with Crippen molar-refractivity contribution < 1.29 is 14.3 Å². The van der Waals surface area contributed by atoms with E-state index in [9.17, 15) is 9.59 Å². The highest BCUT2D eigenvalue weighted by molar-refractivity contribution is 5.90. The second kappa shape index (κ2) is 7.44. The lowest BCUT2D eigenvalue weighted by Gasteiger charge is -2.16. The highest BCUT2D eigenvalue weighted by Crippen LogP contribution is 2.18. The average molecular weight is 319 g/mol. The van der Waals surface area contributed by atoms with Crippen molar-refractivity contribution in [1.29, 1.82) is 0 Å². The van der Waals surface area contributed by atoms with Gasteiger partial charge in [-0.05, 0) is 39.7 Å². The fourth-order valence-electron chi connectivity index (χ4n) is 2.84. The van der Waals surface area contributed by atoms with E-state index in [0.717, 1.165) is 42.6 Å². The molecule has 126 valence electrons. The summed E-state index contributed by atoms with van der Waals surface area (Å²) in [6, 6.07) is 0.222. The molecule has 23 heavy (non-hydrogen) atoms. The van der Waals surface area contributed by atoms with Crippen LogP contribution in [0, 0.1) is 13.8 Å². The fraction of sp³-hybridized carbons (Fsp3) is 0.588. The smallest absolute Gasteiger partial charge is 0.331 e. The van der Waals surface area contributed by atoms with Gasteiger partial charge in [0.25, 0.3) is 5.91 Å². The van der Waals surface area contributed by atoms with Crippen molar-refractivity contribution in [2.24, 2.45) is 7.05 Å². The normalized spacial score (nSPS) is 16.7. The fourth-order valence-corrected chi connectivity index (χ4v) is 2.84. The van der Waals surface area contributed by atoms with Crippen LogP contribution in [0.15, 0.2) is 6.08 Å². The standard InChI is InChI=1S/C17H25N3O3/c1-11-15(12(2)20(4)19-11)9-10-16(21)23-13(3)17(22)18-14-7-5-6-8-14/h9-10,13-14H,5-8H2,1-4H3,(H,18,22)/b10-9+/t13-/m1/s1. The Morgan fingerprint density at radius 3 is 2.57 bits per heavy atom. The van der Waals surface area contributed by atoms with Crippen LogP contribution < -0.4 is 5.32 Å². The van der Waals surface area contributed by atoms with Crippen LogP contribution in [-0.4, -0.2) is 33.8 Å². The molecule has 1 amide bonds. The molecule has 0 spiro atoms. The Kier molecular flexibility index (Phi) is 5.58. The molecule has 6 nitrogen and oxygen atoms in total. The lowest BCUT2D eigenvalue weighted by molar-refractivity contribution is -0.150. The van der Waals surface area contributed by atoms with Gasteiger partial charge >= 0.3 is 5.97 Å². The summed E-state index contributed by atoms with van der Waals surface area (Å²) in [6.45, 7) is 5.41. The number of nitrogens with one attached hydrogen (secondary N) is 1. The molecule has 0 saturated heterocycles. The second-order valence-corrected chi connectivity index (χ2v) is 6.11. The molecule has 1 aromatic heterocycles. The predicted octanol–water partition coefficient (Wildman–Crippen LogP) is 2.04. The number of hydrogen-bond acceptors (Lipinski definition) is 4. The van der Waals surface area contributed by atoms with E-state index in [0.29, 0.717) is 0 Å². The van der Waals surface area contributed by atoms with E-state index < -0.39 is 12.1 Å². The van der Waals surface area contributed by atoms with E-state index in [-0.39, 0.29) is 11.9 Å². The Morgan fingerprint density at radius 2 is 2.00 bits per heavy atom. The summed E-state index contributed by atoms with van der Waals surface area (Å²) >= 11 is 0. The Balaban J connectivity index is 1.88. The van der Waals surface area contributed by atoms with E-state index >= 15 is 0 Å². The molecule has 1 N–H and O–H groups in total. The van der Waals surface area contributed by atoms with Gasteiger partial charge in [0, 0.05) is 30.4 Å². The zero-order valence-electron chi connectivity index (χ0n) is 14.3. The van der Waals surface area contributed by atoms with Gasteiger partial charge in [-0.3, -0.25) is 9.48 Å². The van der Waals surface area contributed by atoms with Crippen LogP contribution in [0.5, 0.6) is 0 Å². The molecule has 0 aromatic carbocycles. The van der Waals surface area contributed by atoms with Gasteiger partial charge in [-0.25, -0.2) is 4.79 Å². The summed E-state index contributed by atoms with van der Waals surface area (Å²) in [5.41, 5.74) is 2.71. The van der Waals surface area contributed by atoms with Crippen molar-refractivity contribution in [3.05, 3.63) is 23.0 Å². The third-order valence-electron chi connectivity index (χ3n) is 4.31. The maximum atomic E-state index is 12.0. The first kappa shape index (κ1) is 17.2. The Bertz CT molecular complexity index is 613. The van der Waals surface area contributed by atoms with Crippen LogP contribution in [-0.2, 0) is 21.4 Å². The number of esters is 1. The SMILES string of the molecule is Cc1nn(C)c(C)c1/C=C/C(=O)O[C@H](C)C(=O)NC1CCCC1. The van der Waals surface area contributed by atoms with E-state index in [4.69, 9.17) is 4.74 Å². The molecule has 2 rings (SSSR count). The van der Waals surface area contributed by atoms with Crippen LogP contribution in [0.3, 0.4) is 0 Å². The zero-order chi connectivity index (χ0) is 17.0. The molecule has 1 fully saturated rings. The van der Waals surface area contributed by atoms with E-state index in [1.165, 1.54) is 6.08 Å². The highest BCUT2D eigenvalue weighted by Gasteiger charge is 2.22. The lowest BCUT2D eigenvalue weighted by atomic mass is 10.2. The van der Waals surface area contributed by atoms with Crippen LogP contribution in [0.25, 0.3) is 6.08 Å². The van der Waals surface area contributed by atoms with Crippen molar-refractivity contribution in [2.45, 2.75) is 58.6 Å². The van der Waals surface area contributed by atoms with Gasteiger partial charge in [-0.1, -0.05) is 12.8 Å². The first-order valence-corrected chi connectivity index (χ1v) is 8.07. The van der Waals surface area contributed by atoms with E-state index in [1.807, 2.05) is 20.9 Å². The third kappa shape index (κ3) is 4.43. The summed E-state index contributed by atoms with van der Waals surface area (Å²) in [6.07, 6.45) is 6.54. The minimum Gasteiger partial charge on any atom is -0.449 e. The lowest BCUT2D eigenvalue weighted by Crippen LogP contribution is -2.40. The Morgan fingerprint density at radius 1 is 1.35 bits per heavy atom. The number of hydrogen-bond donors (Lipinski definition) is 1. The number of nitrogens with zero attached hydrogens (tertiary/aromatic N) is 2. The number of carbonyl (C=O) groups excluding carboxylic acids is 2. The second-order valence-electron chi connectivity index (χ2n) is 6.11. The quantitative estimate of drug-likeness (QED) is 0.666. The number of ether oxygens (including phenoxy) is 1. The third-order valence-corrected chi connectivity index (χ3v) is 4.31. The summed E-state index contributed by atoms with van der Waals surface area (Å²) in [7, 11) is 1.85. The Hall–Kier alpha value is -2.11. The summed E-state index contributed by atoms with van der Waals surface area (Å²) in [4.78, 5) is 23.9. The zero-order valence-corrected chi connectivity index (χ0v) is 14.3. The molecule has 1 aliphatic rings. The van der Waals surface area contributed by atoms with Gasteiger partial charge in [-0.15, -0.1) is 0 Å². The van der Waals surface area contributed by atoms with E-state index in [1.54, 1.807) is 17.7 Å². The molecule has 1 atom stereocenters. The number of amides is 1. The number of aromatic nitrogens is 2. The average Bonchev–Trinajstić information content (AvgIpc) is 3.07. The molecule has 1 aliphatic carbocycles. The van der Waals surface area contributed by atoms with Crippen LogP contribution in [0.4, 0.5) is 0 Å².